The minimum atomic E-state index is 0.437. The highest BCUT2D eigenvalue weighted by atomic mass is 32.1. The van der Waals surface area contributed by atoms with Gasteiger partial charge in [-0.05, 0) is 0 Å². The number of hydrogen-bond donors (Lipinski definition) is 0. The van der Waals surface area contributed by atoms with Crippen LogP contribution in [-0.2, 0) is 0 Å². The van der Waals surface area contributed by atoms with Crippen LogP contribution in [0.5, 0.6) is 0 Å². The van der Waals surface area contributed by atoms with E-state index < -0.39 is 0 Å². The number of nitrogens with zero attached hydrogens (tertiary/aromatic N) is 2. The first-order valence-electron chi connectivity index (χ1n) is 3.07. The fourth-order valence-electron chi connectivity index (χ4n) is 0.593. The minimum Gasteiger partial charge on any atom is -0.351 e. The molecule has 3 heteroatoms. The second-order valence-electron chi connectivity index (χ2n) is 2.32. The van der Waals surface area contributed by atoms with Crippen LogP contribution in [0.15, 0.2) is 5.38 Å². The maximum atomic E-state index is 6.67. The number of hydrogen-bond acceptors (Lipinski definition) is 2. The quantitative estimate of drug-likeness (QED) is 0.565. The van der Waals surface area contributed by atoms with Crippen molar-refractivity contribution < 1.29 is 0 Å². The molecule has 0 N–H and O–H groups in total. The number of aromatic nitrogens is 1. The van der Waals surface area contributed by atoms with Crippen LogP contribution >= 0.6 is 11.3 Å². The van der Waals surface area contributed by atoms with Crippen molar-refractivity contribution in [3.63, 3.8) is 0 Å². The molecule has 0 aliphatic carbocycles. The van der Waals surface area contributed by atoms with Crippen LogP contribution in [0.4, 0.5) is 5.13 Å². The Bertz CT molecular complexity index is 257. The van der Waals surface area contributed by atoms with E-state index in [2.05, 4.69) is 23.7 Å². The molecule has 0 fully saturated rings. The second-order valence-corrected chi connectivity index (χ2v) is 3.16. The van der Waals surface area contributed by atoms with Crippen LogP contribution in [0.3, 0.4) is 0 Å². The third-order valence-electron chi connectivity index (χ3n) is 1.20. The fourth-order valence-corrected chi connectivity index (χ4v) is 1.35. The van der Waals surface area contributed by atoms with Gasteiger partial charge in [-0.15, -0.1) is 16.3 Å². The van der Waals surface area contributed by atoms with E-state index in [0.717, 1.165) is 5.69 Å². The highest BCUT2D eigenvalue weighted by Crippen LogP contribution is 2.23. The predicted octanol–water partition coefficient (Wildman–Crippen LogP) is 2.82. The summed E-state index contributed by atoms with van der Waals surface area (Å²) in [5.41, 5.74) is 1.02. The summed E-state index contributed by atoms with van der Waals surface area (Å²) in [6.07, 6.45) is 0. The Morgan fingerprint density at radius 2 is 2.40 bits per heavy atom. The third-order valence-corrected chi connectivity index (χ3v) is 1.95. The maximum Gasteiger partial charge on any atom is 0.329 e. The summed E-state index contributed by atoms with van der Waals surface area (Å²) in [5.74, 6) is 0.437. The summed E-state index contributed by atoms with van der Waals surface area (Å²) in [6.45, 7) is 10.8. The maximum absolute atomic E-state index is 6.67. The van der Waals surface area contributed by atoms with Gasteiger partial charge < -0.3 is 4.85 Å². The van der Waals surface area contributed by atoms with E-state index in [1.165, 1.54) is 11.3 Å². The summed E-state index contributed by atoms with van der Waals surface area (Å²) in [4.78, 5) is 7.32. The van der Waals surface area contributed by atoms with E-state index in [9.17, 15) is 0 Å². The van der Waals surface area contributed by atoms with Crippen molar-refractivity contribution in [3.05, 3.63) is 22.5 Å². The summed E-state index contributed by atoms with van der Waals surface area (Å²) in [6, 6.07) is 0. The lowest BCUT2D eigenvalue weighted by Gasteiger charge is -1.90. The Morgan fingerprint density at radius 1 is 1.70 bits per heavy atom. The smallest absolute Gasteiger partial charge is 0.329 e. The SMILES string of the molecule is [C-]#[N+]c1nc(C(C)C)cs1. The first-order valence-corrected chi connectivity index (χ1v) is 3.95. The standard InChI is InChI=1S/C7H8N2S/c1-5(2)6-4-10-7(8-3)9-6/h4-5H,1-2H3. The molecule has 0 aromatic carbocycles. The summed E-state index contributed by atoms with van der Waals surface area (Å²) in [7, 11) is 0. The van der Waals surface area contributed by atoms with Gasteiger partial charge in [-0.1, -0.05) is 20.4 Å². The molecule has 10 heavy (non-hydrogen) atoms. The van der Waals surface area contributed by atoms with Crippen molar-refractivity contribution in [2.24, 2.45) is 0 Å². The lowest BCUT2D eigenvalue weighted by Crippen LogP contribution is -1.84. The zero-order valence-corrected chi connectivity index (χ0v) is 6.77. The average molecular weight is 152 g/mol. The molecular formula is C7H8N2S. The van der Waals surface area contributed by atoms with E-state index in [0.29, 0.717) is 11.0 Å². The van der Waals surface area contributed by atoms with Crippen molar-refractivity contribution in [2.45, 2.75) is 19.8 Å². The van der Waals surface area contributed by atoms with Gasteiger partial charge in [0.15, 0.2) is 0 Å². The molecule has 1 rings (SSSR count). The molecule has 1 heterocycles. The summed E-state index contributed by atoms with van der Waals surface area (Å²) < 4.78 is 0. The van der Waals surface area contributed by atoms with Crippen molar-refractivity contribution in [1.29, 1.82) is 0 Å². The van der Waals surface area contributed by atoms with Gasteiger partial charge in [-0.2, -0.15) is 0 Å². The van der Waals surface area contributed by atoms with Crippen LogP contribution in [-0.4, -0.2) is 4.98 Å². The molecule has 0 saturated carbocycles. The van der Waals surface area contributed by atoms with E-state index in [1.54, 1.807) is 0 Å². The zero-order valence-electron chi connectivity index (χ0n) is 5.96. The van der Waals surface area contributed by atoms with Crippen LogP contribution in [0.2, 0.25) is 0 Å². The van der Waals surface area contributed by atoms with Crippen LogP contribution in [0.25, 0.3) is 4.85 Å². The van der Waals surface area contributed by atoms with Gasteiger partial charge in [0.1, 0.15) is 5.69 Å². The van der Waals surface area contributed by atoms with Gasteiger partial charge in [-0.25, -0.2) is 0 Å². The molecule has 0 unspecified atom stereocenters. The number of rotatable bonds is 1. The van der Waals surface area contributed by atoms with Crippen molar-refractivity contribution in [1.82, 2.24) is 4.98 Å². The van der Waals surface area contributed by atoms with Crippen LogP contribution in [0.1, 0.15) is 25.5 Å². The molecule has 2 nitrogen and oxygen atoms in total. The summed E-state index contributed by atoms with van der Waals surface area (Å²) in [5, 5.41) is 2.49. The molecule has 1 aromatic heterocycles. The molecule has 0 amide bonds. The highest BCUT2D eigenvalue weighted by Gasteiger charge is 2.07. The fraction of sp³-hybridized carbons (Fsp3) is 0.429. The van der Waals surface area contributed by atoms with E-state index in [1.807, 2.05) is 5.38 Å². The average Bonchev–Trinajstić information content (AvgIpc) is 2.34. The Morgan fingerprint density at radius 3 is 2.70 bits per heavy atom. The molecular weight excluding hydrogens is 144 g/mol. The molecule has 0 saturated heterocycles. The van der Waals surface area contributed by atoms with Crippen molar-refractivity contribution >= 4 is 16.5 Å². The topological polar surface area (TPSA) is 17.2 Å². The molecule has 0 aliphatic heterocycles. The van der Waals surface area contributed by atoms with Crippen LogP contribution in [0, 0.1) is 6.57 Å². The molecule has 0 bridgehead atoms. The van der Waals surface area contributed by atoms with Gasteiger partial charge in [-0.3, -0.25) is 0 Å². The van der Waals surface area contributed by atoms with Crippen molar-refractivity contribution in [2.75, 3.05) is 0 Å². The first-order chi connectivity index (χ1) is 4.74. The largest absolute Gasteiger partial charge is 0.351 e. The van der Waals surface area contributed by atoms with E-state index in [4.69, 9.17) is 6.57 Å². The molecule has 1 aromatic rings. The lowest BCUT2D eigenvalue weighted by molar-refractivity contribution is 0.835. The Hall–Kier alpha value is -0.880. The molecule has 0 spiro atoms. The molecule has 52 valence electrons. The van der Waals surface area contributed by atoms with Gasteiger partial charge in [0.25, 0.3) is 0 Å². The van der Waals surface area contributed by atoms with Gasteiger partial charge in [0.2, 0.25) is 0 Å². The zero-order chi connectivity index (χ0) is 7.56. The molecule has 0 atom stereocenters. The normalized spacial score (nSPS) is 9.80. The highest BCUT2D eigenvalue weighted by molar-refractivity contribution is 7.13. The van der Waals surface area contributed by atoms with Gasteiger partial charge >= 0.3 is 5.13 Å². The van der Waals surface area contributed by atoms with Gasteiger partial charge in [0, 0.05) is 11.3 Å². The van der Waals surface area contributed by atoms with E-state index >= 15 is 0 Å². The third kappa shape index (κ3) is 1.34. The summed E-state index contributed by atoms with van der Waals surface area (Å²) >= 11 is 1.41. The van der Waals surface area contributed by atoms with E-state index in [-0.39, 0.29) is 0 Å². The lowest BCUT2D eigenvalue weighted by atomic mass is 10.2. The predicted molar refractivity (Wildman–Crippen MR) is 42.5 cm³/mol. The Kier molecular flexibility index (Phi) is 2.03. The van der Waals surface area contributed by atoms with Gasteiger partial charge in [0.05, 0.1) is 0 Å². The molecule has 0 radical (unpaired) electrons. The minimum absolute atomic E-state index is 0.437. The van der Waals surface area contributed by atoms with Crippen LogP contribution < -0.4 is 0 Å². The molecule has 0 aliphatic rings. The monoisotopic (exact) mass is 152 g/mol. The first kappa shape index (κ1) is 7.23. The Labute approximate surface area is 64.4 Å². The number of thiazole rings is 1. The second kappa shape index (κ2) is 2.80. The van der Waals surface area contributed by atoms with Crippen molar-refractivity contribution in [3.8, 4) is 0 Å². The Balaban J connectivity index is 2.91.